The fourth-order valence-electron chi connectivity index (χ4n) is 3.82. The highest BCUT2D eigenvalue weighted by molar-refractivity contribution is 5.89. The summed E-state index contributed by atoms with van der Waals surface area (Å²) in [6.45, 7) is 2.61. The fourth-order valence-corrected chi connectivity index (χ4v) is 3.82. The van der Waals surface area contributed by atoms with Crippen LogP contribution >= 0.6 is 0 Å². The monoisotopic (exact) mass is 347 g/mol. The Labute approximate surface area is 152 Å². The molecule has 2 N–H and O–H groups in total. The molecule has 26 heavy (non-hydrogen) atoms. The van der Waals surface area contributed by atoms with Crippen LogP contribution in [0.25, 0.3) is 10.9 Å². The summed E-state index contributed by atoms with van der Waals surface area (Å²) in [5.41, 5.74) is 9.81. The lowest BCUT2D eigenvalue weighted by molar-refractivity contribution is -0.141. The topological polar surface area (TPSA) is 68.3 Å². The van der Waals surface area contributed by atoms with Crippen LogP contribution in [0, 0.1) is 6.92 Å². The van der Waals surface area contributed by atoms with Crippen molar-refractivity contribution in [1.82, 2.24) is 9.47 Å². The van der Waals surface area contributed by atoms with Crippen molar-refractivity contribution in [3.63, 3.8) is 0 Å². The van der Waals surface area contributed by atoms with Gasteiger partial charge >= 0.3 is 0 Å². The SMILES string of the molecule is Cc1cc2ccccc2n1CC(=O)N1Cc2ccccc2C[C@H]1C(N)=O. The Morgan fingerprint density at radius 1 is 1.08 bits per heavy atom. The maximum atomic E-state index is 13.1. The zero-order chi connectivity index (χ0) is 18.3. The number of carbonyl (C=O) groups excluding carboxylic acids is 2. The number of rotatable bonds is 3. The number of nitrogens with two attached hydrogens (primary N) is 1. The second-order valence-electron chi connectivity index (χ2n) is 6.84. The standard InChI is InChI=1S/C21H21N3O2/c1-14-10-16-7-4-5-9-18(16)23(14)13-20(25)24-12-17-8-3-2-6-15(17)11-19(24)21(22)26/h2-10,19H,11-13H2,1H3,(H2,22,26)/t19-/m0/s1. The Kier molecular flexibility index (Phi) is 3.99. The van der Waals surface area contributed by atoms with Gasteiger partial charge < -0.3 is 15.2 Å². The van der Waals surface area contributed by atoms with Gasteiger partial charge in [-0.2, -0.15) is 0 Å². The summed E-state index contributed by atoms with van der Waals surface area (Å²) >= 11 is 0. The number of carbonyl (C=O) groups is 2. The predicted molar refractivity (Wildman–Crippen MR) is 100 cm³/mol. The van der Waals surface area contributed by atoms with Crippen LogP contribution in [-0.2, 0) is 29.1 Å². The van der Waals surface area contributed by atoms with Gasteiger partial charge in [-0.05, 0) is 35.6 Å². The highest BCUT2D eigenvalue weighted by atomic mass is 16.2. The van der Waals surface area contributed by atoms with Crippen molar-refractivity contribution in [3.05, 3.63) is 71.4 Å². The first kappa shape index (κ1) is 16.4. The third-order valence-electron chi connectivity index (χ3n) is 5.21. The molecule has 0 spiro atoms. The van der Waals surface area contributed by atoms with Crippen LogP contribution in [0.5, 0.6) is 0 Å². The quantitative estimate of drug-likeness (QED) is 0.790. The van der Waals surface area contributed by atoms with Gasteiger partial charge in [0.15, 0.2) is 0 Å². The van der Waals surface area contributed by atoms with E-state index < -0.39 is 11.9 Å². The first-order valence-corrected chi connectivity index (χ1v) is 8.75. The molecular weight excluding hydrogens is 326 g/mol. The van der Waals surface area contributed by atoms with Crippen LogP contribution in [0.3, 0.4) is 0 Å². The van der Waals surface area contributed by atoms with Crippen LogP contribution in [0.15, 0.2) is 54.6 Å². The molecule has 2 heterocycles. The Morgan fingerprint density at radius 2 is 1.77 bits per heavy atom. The zero-order valence-corrected chi connectivity index (χ0v) is 14.7. The number of nitrogens with zero attached hydrogens (tertiary/aromatic N) is 2. The molecule has 0 saturated carbocycles. The average molecular weight is 347 g/mol. The van der Waals surface area contributed by atoms with Gasteiger partial charge in [0.25, 0.3) is 0 Å². The first-order chi connectivity index (χ1) is 12.5. The summed E-state index contributed by atoms with van der Waals surface area (Å²) < 4.78 is 2.00. The number of hydrogen-bond acceptors (Lipinski definition) is 2. The summed E-state index contributed by atoms with van der Waals surface area (Å²) in [6, 6.07) is 17.4. The molecule has 4 rings (SSSR count). The number of hydrogen-bond donors (Lipinski definition) is 1. The van der Waals surface area contributed by atoms with Crippen molar-refractivity contribution in [3.8, 4) is 0 Å². The molecule has 2 aromatic carbocycles. The molecule has 5 heteroatoms. The van der Waals surface area contributed by atoms with E-state index in [1.54, 1.807) is 4.90 Å². The lowest BCUT2D eigenvalue weighted by Gasteiger charge is -2.35. The van der Waals surface area contributed by atoms with E-state index in [-0.39, 0.29) is 12.5 Å². The van der Waals surface area contributed by atoms with E-state index in [1.807, 2.05) is 60.0 Å². The van der Waals surface area contributed by atoms with Crippen LogP contribution in [0.2, 0.25) is 0 Å². The molecule has 1 aliphatic heterocycles. The molecule has 0 aliphatic carbocycles. The molecule has 1 atom stereocenters. The number of fused-ring (bicyclic) bond motifs is 2. The van der Waals surface area contributed by atoms with Gasteiger partial charge in [0.1, 0.15) is 12.6 Å². The largest absolute Gasteiger partial charge is 0.368 e. The number of para-hydroxylation sites is 1. The highest BCUT2D eigenvalue weighted by Gasteiger charge is 2.33. The van der Waals surface area contributed by atoms with Crippen molar-refractivity contribution in [2.24, 2.45) is 5.73 Å². The van der Waals surface area contributed by atoms with Gasteiger partial charge in [0.05, 0.1) is 0 Å². The summed E-state index contributed by atoms with van der Waals surface area (Å²) in [4.78, 5) is 26.7. The maximum Gasteiger partial charge on any atom is 0.243 e. The zero-order valence-electron chi connectivity index (χ0n) is 14.7. The van der Waals surface area contributed by atoms with E-state index >= 15 is 0 Å². The molecule has 0 radical (unpaired) electrons. The molecule has 0 bridgehead atoms. The molecule has 1 aliphatic rings. The molecule has 5 nitrogen and oxygen atoms in total. The minimum atomic E-state index is -0.598. The third-order valence-corrected chi connectivity index (χ3v) is 5.21. The highest BCUT2D eigenvalue weighted by Crippen LogP contribution is 2.25. The molecule has 2 amide bonds. The smallest absolute Gasteiger partial charge is 0.243 e. The van der Waals surface area contributed by atoms with Crippen molar-refractivity contribution in [2.75, 3.05) is 0 Å². The minimum Gasteiger partial charge on any atom is -0.368 e. The van der Waals surface area contributed by atoms with Gasteiger partial charge in [-0.15, -0.1) is 0 Å². The molecule has 0 saturated heterocycles. The van der Waals surface area contributed by atoms with Gasteiger partial charge in [-0.3, -0.25) is 9.59 Å². The van der Waals surface area contributed by atoms with Gasteiger partial charge in [0, 0.05) is 24.2 Å². The number of primary amides is 1. The Hall–Kier alpha value is -3.08. The fraction of sp³-hybridized carbons (Fsp3) is 0.238. The summed E-state index contributed by atoms with van der Waals surface area (Å²) in [7, 11) is 0. The number of amides is 2. The molecule has 1 aromatic heterocycles. The van der Waals surface area contributed by atoms with Gasteiger partial charge in [-0.25, -0.2) is 0 Å². The summed E-state index contributed by atoms with van der Waals surface area (Å²) in [5, 5.41) is 1.10. The Morgan fingerprint density at radius 3 is 2.54 bits per heavy atom. The average Bonchev–Trinajstić information content (AvgIpc) is 2.96. The second kappa shape index (κ2) is 6.33. The molecule has 0 unspecified atom stereocenters. The maximum absolute atomic E-state index is 13.1. The van der Waals surface area contributed by atoms with Crippen molar-refractivity contribution in [2.45, 2.75) is 32.5 Å². The van der Waals surface area contributed by atoms with E-state index in [0.29, 0.717) is 13.0 Å². The number of benzene rings is 2. The Balaban J connectivity index is 1.66. The first-order valence-electron chi connectivity index (χ1n) is 8.75. The van der Waals surface area contributed by atoms with E-state index in [2.05, 4.69) is 6.07 Å². The second-order valence-corrected chi connectivity index (χ2v) is 6.84. The van der Waals surface area contributed by atoms with Crippen molar-refractivity contribution < 1.29 is 9.59 Å². The van der Waals surface area contributed by atoms with Crippen LogP contribution < -0.4 is 5.73 Å². The van der Waals surface area contributed by atoms with Crippen molar-refractivity contribution in [1.29, 1.82) is 0 Å². The van der Waals surface area contributed by atoms with Crippen molar-refractivity contribution >= 4 is 22.7 Å². The van der Waals surface area contributed by atoms with Crippen LogP contribution in [-0.4, -0.2) is 27.3 Å². The van der Waals surface area contributed by atoms with E-state index in [9.17, 15) is 9.59 Å². The van der Waals surface area contributed by atoms with Crippen LogP contribution in [0.4, 0.5) is 0 Å². The lowest BCUT2D eigenvalue weighted by Crippen LogP contribution is -2.52. The molecular formula is C21H21N3O2. The van der Waals surface area contributed by atoms with E-state index in [1.165, 1.54) is 0 Å². The lowest BCUT2D eigenvalue weighted by atomic mass is 9.93. The predicted octanol–water partition coefficient (Wildman–Crippen LogP) is 2.39. The van der Waals surface area contributed by atoms with Gasteiger partial charge in [0.2, 0.25) is 11.8 Å². The van der Waals surface area contributed by atoms with Gasteiger partial charge in [-0.1, -0.05) is 42.5 Å². The normalized spacial score (nSPS) is 16.5. The minimum absolute atomic E-state index is 0.0900. The number of aryl methyl sites for hydroxylation is 1. The van der Waals surface area contributed by atoms with E-state index in [0.717, 1.165) is 27.7 Å². The molecule has 132 valence electrons. The van der Waals surface area contributed by atoms with Crippen LogP contribution in [0.1, 0.15) is 16.8 Å². The van der Waals surface area contributed by atoms with E-state index in [4.69, 9.17) is 5.73 Å². The third kappa shape index (κ3) is 2.75. The Bertz CT molecular complexity index is 1010. The summed E-state index contributed by atoms with van der Waals surface area (Å²) in [6.07, 6.45) is 0.475. The number of aromatic nitrogens is 1. The summed E-state index contributed by atoms with van der Waals surface area (Å²) in [5.74, 6) is -0.547. The molecule has 0 fully saturated rings. The molecule has 3 aromatic rings.